The van der Waals surface area contributed by atoms with Gasteiger partial charge in [-0.2, -0.15) is 10.4 Å². The van der Waals surface area contributed by atoms with Crippen LogP contribution in [0.4, 0.5) is 5.82 Å². The van der Waals surface area contributed by atoms with E-state index in [-0.39, 0.29) is 29.9 Å². The first kappa shape index (κ1) is 23.9. The number of nitriles is 1. The van der Waals surface area contributed by atoms with Crippen molar-refractivity contribution in [3.8, 4) is 28.7 Å². The minimum absolute atomic E-state index is 0.0458. The summed E-state index contributed by atoms with van der Waals surface area (Å²) < 4.78 is 7.66. The highest BCUT2D eigenvalue weighted by molar-refractivity contribution is 6.00. The molecule has 5 aromatic rings. The molecule has 0 N–H and O–H groups in total. The molecule has 0 atom stereocenters. The lowest BCUT2D eigenvalue weighted by Gasteiger charge is -2.23. The molecule has 0 saturated heterocycles. The summed E-state index contributed by atoms with van der Waals surface area (Å²) in [5, 5.41) is 14.9. The molecule has 0 fully saturated rings. The fraction of sp³-hybridized carbons (Fsp3) is 0.214. The Morgan fingerprint density at radius 2 is 1.95 bits per heavy atom. The molecule has 0 aliphatic carbocycles. The number of anilines is 1. The number of rotatable bonds is 6. The standard InChI is InChI=1S/C28H25N7O2/c1-17(2)35-26(18(3)14-32-35)25-21(13-29)28(33-24-10-12-37-27(24)25)34(19(4)36)16-20-8-9-23(31-15-20)22-7-5-6-11-30-22/h5-12,14-15,17H,16H2,1-4H3. The molecular formula is C28H25N7O2. The number of fused-ring (bicyclic) bond motifs is 1. The number of furan rings is 1. The zero-order chi connectivity index (χ0) is 26.1. The van der Waals surface area contributed by atoms with Gasteiger partial charge in [0.15, 0.2) is 11.4 Å². The summed E-state index contributed by atoms with van der Waals surface area (Å²) in [7, 11) is 0. The van der Waals surface area contributed by atoms with E-state index in [1.54, 1.807) is 24.7 Å². The fourth-order valence-electron chi connectivity index (χ4n) is 4.35. The van der Waals surface area contributed by atoms with E-state index in [0.29, 0.717) is 16.7 Å². The lowest BCUT2D eigenvalue weighted by atomic mass is 10.0. The molecule has 0 aliphatic rings. The van der Waals surface area contributed by atoms with Gasteiger partial charge in [0.25, 0.3) is 0 Å². The summed E-state index contributed by atoms with van der Waals surface area (Å²) in [4.78, 5) is 28.0. The molecule has 0 saturated carbocycles. The Morgan fingerprint density at radius 1 is 1.14 bits per heavy atom. The second-order valence-corrected chi connectivity index (χ2v) is 9.02. The highest BCUT2D eigenvalue weighted by Crippen LogP contribution is 2.39. The number of carbonyl (C=O) groups excluding carboxylic acids is 1. The number of amides is 1. The molecule has 0 unspecified atom stereocenters. The molecule has 5 aromatic heterocycles. The lowest BCUT2D eigenvalue weighted by molar-refractivity contribution is -0.116. The first-order valence-electron chi connectivity index (χ1n) is 11.9. The first-order valence-corrected chi connectivity index (χ1v) is 11.9. The summed E-state index contributed by atoms with van der Waals surface area (Å²) in [6.07, 6.45) is 6.73. The molecule has 5 heterocycles. The van der Waals surface area contributed by atoms with Crippen molar-refractivity contribution in [3.63, 3.8) is 0 Å². The van der Waals surface area contributed by atoms with E-state index in [4.69, 9.17) is 9.40 Å². The van der Waals surface area contributed by atoms with Crippen LogP contribution >= 0.6 is 0 Å². The van der Waals surface area contributed by atoms with Crippen molar-refractivity contribution < 1.29 is 9.21 Å². The van der Waals surface area contributed by atoms with Gasteiger partial charge >= 0.3 is 0 Å². The monoisotopic (exact) mass is 491 g/mol. The summed E-state index contributed by atoms with van der Waals surface area (Å²) in [5.74, 6) is 0.0179. The molecule has 0 aromatic carbocycles. The Kier molecular flexibility index (Phi) is 6.24. The molecule has 0 radical (unpaired) electrons. The minimum Gasteiger partial charge on any atom is -0.462 e. The molecule has 37 heavy (non-hydrogen) atoms. The third-order valence-electron chi connectivity index (χ3n) is 6.12. The molecule has 0 aliphatic heterocycles. The summed E-state index contributed by atoms with van der Waals surface area (Å²) >= 11 is 0. The van der Waals surface area contributed by atoms with Crippen LogP contribution in [0, 0.1) is 18.3 Å². The third-order valence-corrected chi connectivity index (χ3v) is 6.12. The van der Waals surface area contributed by atoms with Gasteiger partial charge in [0.2, 0.25) is 5.91 Å². The van der Waals surface area contributed by atoms with Crippen molar-refractivity contribution in [2.24, 2.45) is 0 Å². The molecule has 9 heteroatoms. The fourth-order valence-corrected chi connectivity index (χ4v) is 4.35. The van der Waals surface area contributed by atoms with Crippen molar-refractivity contribution in [3.05, 3.63) is 77.9 Å². The van der Waals surface area contributed by atoms with E-state index < -0.39 is 0 Å². The van der Waals surface area contributed by atoms with Gasteiger partial charge in [-0.1, -0.05) is 12.1 Å². The maximum absolute atomic E-state index is 12.9. The van der Waals surface area contributed by atoms with Crippen LogP contribution in [0.5, 0.6) is 0 Å². The Hall–Kier alpha value is -4.84. The molecule has 1 amide bonds. The van der Waals surface area contributed by atoms with Crippen LogP contribution in [0.15, 0.2) is 65.7 Å². The smallest absolute Gasteiger partial charge is 0.225 e. The normalized spacial score (nSPS) is 11.1. The van der Waals surface area contributed by atoms with Gasteiger partial charge in [-0.25, -0.2) is 4.98 Å². The molecule has 9 nitrogen and oxygen atoms in total. The van der Waals surface area contributed by atoms with Crippen LogP contribution < -0.4 is 4.90 Å². The Labute approximate surface area is 214 Å². The topological polar surface area (TPSA) is 114 Å². The number of carbonyl (C=O) groups is 1. The van der Waals surface area contributed by atoms with Gasteiger partial charge in [-0.3, -0.25) is 24.3 Å². The van der Waals surface area contributed by atoms with E-state index in [0.717, 1.165) is 28.2 Å². The predicted molar refractivity (Wildman–Crippen MR) is 139 cm³/mol. The average molecular weight is 492 g/mol. The van der Waals surface area contributed by atoms with E-state index in [2.05, 4.69) is 21.1 Å². The second-order valence-electron chi connectivity index (χ2n) is 9.02. The summed E-state index contributed by atoms with van der Waals surface area (Å²) in [6.45, 7) is 7.63. The van der Waals surface area contributed by atoms with E-state index in [9.17, 15) is 10.1 Å². The van der Waals surface area contributed by atoms with Gasteiger partial charge in [0.1, 0.15) is 17.1 Å². The third kappa shape index (κ3) is 4.34. The number of hydrogen-bond donors (Lipinski definition) is 0. The van der Waals surface area contributed by atoms with Crippen LogP contribution in [0.2, 0.25) is 0 Å². The maximum atomic E-state index is 12.9. The SMILES string of the molecule is CC(=O)N(Cc1ccc(-c2ccccn2)nc1)c1nc2ccoc2c(-c2c(C)cnn2C(C)C)c1C#N. The Morgan fingerprint density at radius 3 is 2.59 bits per heavy atom. The van der Waals surface area contributed by atoms with Gasteiger partial charge in [-0.15, -0.1) is 0 Å². The van der Waals surface area contributed by atoms with Crippen molar-refractivity contribution in [2.75, 3.05) is 4.90 Å². The van der Waals surface area contributed by atoms with Crippen LogP contribution in [0.25, 0.3) is 33.7 Å². The summed E-state index contributed by atoms with van der Waals surface area (Å²) in [6, 6.07) is 13.5. The lowest BCUT2D eigenvalue weighted by Crippen LogP contribution is -2.30. The molecular weight excluding hydrogens is 466 g/mol. The van der Waals surface area contributed by atoms with E-state index in [1.165, 1.54) is 18.1 Å². The van der Waals surface area contributed by atoms with E-state index >= 15 is 0 Å². The number of nitrogens with zero attached hydrogens (tertiary/aromatic N) is 7. The number of aromatic nitrogens is 5. The first-order chi connectivity index (χ1) is 17.9. The highest BCUT2D eigenvalue weighted by atomic mass is 16.3. The quantitative estimate of drug-likeness (QED) is 0.310. The zero-order valence-corrected chi connectivity index (χ0v) is 21.0. The van der Waals surface area contributed by atoms with Crippen molar-refractivity contribution in [1.29, 1.82) is 5.26 Å². The number of aryl methyl sites for hydroxylation is 1. The molecule has 0 bridgehead atoms. The van der Waals surface area contributed by atoms with Crippen LogP contribution in [0.1, 0.15) is 43.5 Å². The van der Waals surface area contributed by atoms with E-state index in [1.807, 2.05) is 55.8 Å². The largest absolute Gasteiger partial charge is 0.462 e. The zero-order valence-electron chi connectivity index (χ0n) is 21.0. The average Bonchev–Trinajstić information content (AvgIpc) is 3.53. The predicted octanol–water partition coefficient (Wildman–Crippen LogP) is 5.46. The van der Waals surface area contributed by atoms with Crippen molar-refractivity contribution >= 4 is 22.8 Å². The highest BCUT2D eigenvalue weighted by Gasteiger charge is 2.28. The van der Waals surface area contributed by atoms with Gasteiger partial charge in [0, 0.05) is 31.4 Å². The van der Waals surface area contributed by atoms with Crippen LogP contribution in [-0.4, -0.2) is 30.6 Å². The van der Waals surface area contributed by atoms with Crippen LogP contribution in [-0.2, 0) is 11.3 Å². The Bertz CT molecular complexity index is 1630. The Balaban J connectivity index is 1.63. The van der Waals surface area contributed by atoms with Crippen LogP contribution in [0.3, 0.4) is 0 Å². The number of hydrogen-bond acceptors (Lipinski definition) is 7. The minimum atomic E-state index is -0.249. The molecule has 0 spiro atoms. The van der Waals surface area contributed by atoms with Crippen molar-refractivity contribution in [1.82, 2.24) is 24.7 Å². The van der Waals surface area contributed by atoms with Gasteiger partial charge in [-0.05, 0) is 50.1 Å². The second kappa shape index (κ2) is 9.66. The molecule has 184 valence electrons. The van der Waals surface area contributed by atoms with Gasteiger partial charge in [0.05, 0.1) is 41.6 Å². The maximum Gasteiger partial charge on any atom is 0.225 e. The van der Waals surface area contributed by atoms with Crippen molar-refractivity contribution in [2.45, 2.75) is 40.3 Å². The number of pyridine rings is 3. The molecule has 5 rings (SSSR count). The summed E-state index contributed by atoms with van der Waals surface area (Å²) in [5.41, 5.74) is 5.80. The van der Waals surface area contributed by atoms with Gasteiger partial charge < -0.3 is 4.42 Å².